The summed E-state index contributed by atoms with van der Waals surface area (Å²) >= 11 is 5.96. The number of aliphatic hydroxyl groups excluding tert-OH is 1. The van der Waals surface area contributed by atoms with Crippen LogP contribution in [-0.2, 0) is 4.79 Å². The number of hydrogen-bond donors (Lipinski definition) is 2. The number of carbonyl (C=O) groups is 1. The minimum atomic E-state index is 0.0613. The zero-order valence-corrected chi connectivity index (χ0v) is 11.9. The van der Waals surface area contributed by atoms with Gasteiger partial charge in [0.05, 0.1) is 0 Å². The van der Waals surface area contributed by atoms with E-state index >= 15 is 0 Å². The number of aliphatic hydroxyl groups is 1. The number of halogens is 1. The lowest BCUT2D eigenvalue weighted by molar-refractivity contribution is -0.123. The standard InChI is InChI=1S/C15H20ClNO2/c1-2-12(6-7-18)17-15(19)14-9-13(14)10-4-3-5-11(16)8-10/h3-5,8,12-14,18H,2,6-7,9H2,1H3,(H,17,19). The molecule has 104 valence electrons. The number of rotatable bonds is 6. The third-order valence-corrected chi connectivity index (χ3v) is 3.96. The molecule has 1 aromatic rings. The predicted octanol–water partition coefficient (Wildman–Crippen LogP) is 2.72. The molecule has 1 saturated carbocycles. The van der Waals surface area contributed by atoms with Gasteiger partial charge >= 0.3 is 0 Å². The monoisotopic (exact) mass is 281 g/mol. The minimum Gasteiger partial charge on any atom is -0.396 e. The van der Waals surface area contributed by atoms with E-state index in [0.717, 1.165) is 23.4 Å². The van der Waals surface area contributed by atoms with E-state index in [1.807, 2.05) is 31.2 Å². The molecule has 3 atom stereocenters. The quantitative estimate of drug-likeness (QED) is 0.842. The van der Waals surface area contributed by atoms with Crippen molar-refractivity contribution in [3.8, 4) is 0 Å². The van der Waals surface area contributed by atoms with Crippen molar-refractivity contribution in [3.63, 3.8) is 0 Å². The maximum atomic E-state index is 12.1. The van der Waals surface area contributed by atoms with Crippen molar-refractivity contribution in [1.29, 1.82) is 0 Å². The van der Waals surface area contributed by atoms with Crippen molar-refractivity contribution in [2.75, 3.05) is 6.61 Å². The fourth-order valence-electron chi connectivity index (χ4n) is 2.43. The average Bonchev–Trinajstić information content (AvgIpc) is 3.18. The van der Waals surface area contributed by atoms with E-state index in [-0.39, 0.29) is 24.5 Å². The summed E-state index contributed by atoms with van der Waals surface area (Å²) in [6.07, 6.45) is 2.36. The molecule has 2 rings (SSSR count). The summed E-state index contributed by atoms with van der Waals surface area (Å²) in [4.78, 5) is 12.1. The Morgan fingerprint density at radius 3 is 3.00 bits per heavy atom. The summed E-state index contributed by atoms with van der Waals surface area (Å²) in [6, 6.07) is 7.81. The van der Waals surface area contributed by atoms with Crippen LogP contribution in [0.15, 0.2) is 24.3 Å². The van der Waals surface area contributed by atoms with Crippen molar-refractivity contribution in [2.45, 2.75) is 38.1 Å². The molecule has 1 amide bonds. The van der Waals surface area contributed by atoms with Crippen LogP contribution >= 0.6 is 11.6 Å². The molecule has 0 heterocycles. The molecule has 1 fully saturated rings. The van der Waals surface area contributed by atoms with E-state index in [2.05, 4.69) is 5.32 Å². The molecule has 1 aliphatic carbocycles. The summed E-state index contributed by atoms with van der Waals surface area (Å²) in [5, 5.41) is 12.7. The summed E-state index contributed by atoms with van der Waals surface area (Å²) in [7, 11) is 0. The lowest BCUT2D eigenvalue weighted by Gasteiger charge is -2.15. The molecule has 0 aliphatic heterocycles. The predicted molar refractivity (Wildman–Crippen MR) is 76.2 cm³/mol. The van der Waals surface area contributed by atoms with Crippen LogP contribution < -0.4 is 5.32 Å². The Hall–Kier alpha value is -1.06. The molecule has 1 aliphatic rings. The molecule has 0 bridgehead atoms. The molecule has 0 spiro atoms. The number of nitrogens with one attached hydrogen (secondary N) is 1. The highest BCUT2D eigenvalue weighted by atomic mass is 35.5. The smallest absolute Gasteiger partial charge is 0.223 e. The summed E-state index contributed by atoms with van der Waals surface area (Å²) in [5.74, 6) is 0.460. The highest BCUT2D eigenvalue weighted by Crippen LogP contribution is 2.48. The number of benzene rings is 1. The van der Waals surface area contributed by atoms with Gasteiger partial charge in [-0.25, -0.2) is 0 Å². The molecule has 3 unspecified atom stereocenters. The van der Waals surface area contributed by atoms with E-state index in [9.17, 15) is 4.79 Å². The van der Waals surface area contributed by atoms with E-state index in [0.29, 0.717) is 12.3 Å². The molecule has 1 aromatic carbocycles. The molecule has 0 aromatic heterocycles. The SMILES string of the molecule is CCC(CCO)NC(=O)C1CC1c1cccc(Cl)c1. The fourth-order valence-corrected chi connectivity index (χ4v) is 2.63. The third-order valence-electron chi connectivity index (χ3n) is 3.72. The molecule has 0 saturated heterocycles. The first-order chi connectivity index (χ1) is 9.15. The van der Waals surface area contributed by atoms with Crippen LogP contribution in [0.4, 0.5) is 0 Å². The van der Waals surface area contributed by atoms with E-state index in [4.69, 9.17) is 16.7 Å². The first kappa shape index (κ1) is 14.4. The fraction of sp³-hybridized carbons (Fsp3) is 0.533. The van der Waals surface area contributed by atoms with Gasteiger partial charge in [-0.05, 0) is 42.9 Å². The second-order valence-electron chi connectivity index (χ2n) is 5.13. The largest absolute Gasteiger partial charge is 0.396 e. The molecule has 4 heteroatoms. The van der Waals surface area contributed by atoms with Crippen LogP contribution in [0.2, 0.25) is 5.02 Å². The third kappa shape index (κ3) is 3.71. The maximum Gasteiger partial charge on any atom is 0.223 e. The van der Waals surface area contributed by atoms with Crippen molar-refractivity contribution < 1.29 is 9.90 Å². The van der Waals surface area contributed by atoms with E-state index < -0.39 is 0 Å². The van der Waals surface area contributed by atoms with Crippen molar-refractivity contribution in [3.05, 3.63) is 34.9 Å². The van der Waals surface area contributed by atoms with Gasteiger partial charge in [-0.1, -0.05) is 30.7 Å². The van der Waals surface area contributed by atoms with Crippen LogP contribution in [0.5, 0.6) is 0 Å². The number of amides is 1. The van der Waals surface area contributed by atoms with Gasteiger partial charge in [0, 0.05) is 23.6 Å². The van der Waals surface area contributed by atoms with Crippen molar-refractivity contribution in [2.24, 2.45) is 5.92 Å². The first-order valence-corrected chi connectivity index (χ1v) is 7.20. The van der Waals surface area contributed by atoms with Gasteiger partial charge < -0.3 is 10.4 Å². The molecule has 19 heavy (non-hydrogen) atoms. The van der Waals surface area contributed by atoms with Crippen LogP contribution in [0.25, 0.3) is 0 Å². The number of hydrogen-bond acceptors (Lipinski definition) is 2. The zero-order valence-electron chi connectivity index (χ0n) is 11.1. The maximum absolute atomic E-state index is 12.1. The van der Waals surface area contributed by atoms with Gasteiger partial charge in [0.1, 0.15) is 0 Å². The Morgan fingerprint density at radius 2 is 2.37 bits per heavy atom. The van der Waals surface area contributed by atoms with Gasteiger partial charge in [-0.3, -0.25) is 4.79 Å². The lowest BCUT2D eigenvalue weighted by atomic mass is 10.1. The molecular formula is C15H20ClNO2. The first-order valence-electron chi connectivity index (χ1n) is 6.82. The Bertz CT molecular complexity index is 450. The van der Waals surface area contributed by atoms with Crippen LogP contribution in [0, 0.1) is 5.92 Å². The zero-order chi connectivity index (χ0) is 13.8. The van der Waals surface area contributed by atoms with Gasteiger partial charge in [0.2, 0.25) is 5.91 Å². The summed E-state index contributed by atoms with van der Waals surface area (Å²) in [6.45, 7) is 2.13. The second-order valence-corrected chi connectivity index (χ2v) is 5.57. The highest BCUT2D eigenvalue weighted by Gasteiger charge is 2.44. The molecule has 2 N–H and O–H groups in total. The van der Waals surface area contributed by atoms with Gasteiger partial charge in [-0.2, -0.15) is 0 Å². The van der Waals surface area contributed by atoms with Crippen LogP contribution in [0.3, 0.4) is 0 Å². The van der Waals surface area contributed by atoms with Crippen molar-refractivity contribution >= 4 is 17.5 Å². The Kier molecular flexibility index (Phi) is 4.83. The Balaban J connectivity index is 1.90. The Labute approximate surface area is 119 Å². The van der Waals surface area contributed by atoms with Crippen LogP contribution in [-0.4, -0.2) is 23.7 Å². The summed E-state index contributed by atoms with van der Waals surface area (Å²) in [5.41, 5.74) is 1.14. The summed E-state index contributed by atoms with van der Waals surface area (Å²) < 4.78 is 0. The average molecular weight is 282 g/mol. The lowest BCUT2D eigenvalue weighted by Crippen LogP contribution is -2.36. The van der Waals surface area contributed by atoms with Gasteiger partial charge in [-0.15, -0.1) is 0 Å². The van der Waals surface area contributed by atoms with Gasteiger partial charge in [0.15, 0.2) is 0 Å². The number of carbonyl (C=O) groups excluding carboxylic acids is 1. The Morgan fingerprint density at radius 1 is 1.58 bits per heavy atom. The molecule has 0 radical (unpaired) electrons. The minimum absolute atomic E-state index is 0.0613. The molecular weight excluding hydrogens is 262 g/mol. The second kappa shape index (κ2) is 6.40. The highest BCUT2D eigenvalue weighted by molar-refractivity contribution is 6.30. The van der Waals surface area contributed by atoms with Crippen LogP contribution in [0.1, 0.15) is 37.7 Å². The van der Waals surface area contributed by atoms with E-state index in [1.54, 1.807) is 0 Å². The normalized spacial score (nSPS) is 22.9. The topological polar surface area (TPSA) is 49.3 Å². The van der Waals surface area contributed by atoms with Gasteiger partial charge in [0.25, 0.3) is 0 Å². The van der Waals surface area contributed by atoms with Crippen molar-refractivity contribution in [1.82, 2.24) is 5.32 Å². The van der Waals surface area contributed by atoms with E-state index in [1.165, 1.54) is 0 Å². The molecule has 3 nitrogen and oxygen atoms in total.